The number of Topliss-reactive ketones (excluding diaryl/α,β-unsaturated/α-hetero) is 1. The van der Waals surface area contributed by atoms with E-state index in [0.29, 0.717) is 24.9 Å². The summed E-state index contributed by atoms with van der Waals surface area (Å²) in [6.07, 6.45) is 1.35. The van der Waals surface area contributed by atoms with Gasteiger partial charge in [-0.15, -0.1) is 0 Å². The van der Waals surface area contributed by atoms with Gasteiger partial charge in [0.15, 0.2) is 0 Å². The van der Waals surface area contributed by atoms with Crippen LogP contribution < -0.4 is 27.0 Å². The lowest BCUT2D eigenvalue weighted by Crippen LogP contribution is -2.57. The summed E-state index contributed by atoms with van der Waals surface area (Å²) in [6, 6.07) is 4.09. The maximum absolute atomic E-state index is 13.6. The van der Waals surface area contributed by atoms with Gasteiger partial charge in [0.05, 0.1) is 23.0 Å². The minimum atomic E-state index is -1.02. The second kappa shape index (κ2) is 19.0. The molecular weight excluding hydrogens is 654 g/mol. The van der Waals surface area contributed by atoms with E-state index in [2.05, 4.69) is 21.3 Å². The lowest BCUT2D eigenvalue weighted by Gasteiger charge is -2.33. The van der Waals surface area contributed by atoms with Crippen LogP contribution in [0, 0.1) is 22.2 Å². The lowest BCUT2D eigenvalue weighted by molar-refractivity contribution is -0.154. The number of urea groups is 1. The molecule has 5 amide bonds. The molecule has 1 unspecified atom stereocenters. The molecule has 0 saturated carbocycles. The molecule has 0 aliphatic heterocycles. The predicted octanol–water partition coefficient (Wildman–Crippen LogP) is 5.01. The molecule has 0 radical (unpaired) electrons. The number of carbonyl (C=O) groups is 6. The number of rotatable bonds is 19. The summed E-state index contributed by atoms with van der Waals surface area (Å²) in [6.45, 7) is 22.0. The van der Waals surface area contributed by atoms with Gasteiger partial charge in [0.25, 0.3) is 0 Å². The summed E-state index contributed by atoms with van der Waals surface area (Å²) in [5.74, 6) is -1.98. The van der Waals surface area contributed by atoms with Gasteiger partial charge in [0.2, 0.25) is 17.7 Å². The molecule has 6 N–H and O–H groups in total. The first-order valence-electron chi connectivity index (χ1n) is 17.6. The van der Waals surface area contributed by atoms with Crippen LogP contribution >= 0.6 is 0 Å². The highest BCUT2D eigenvalue weighted by Crippen LogP contribution is 2.27. The monoisotopic (exact) mass is 717 g/mol. The van der Waals surface area contributed by atoms with Gasteiger partial charge in [-0.05, 0) is 91.3 Å². The van der Waals surface area contributed by atoms with Gasteiger partial charge in [-0.3, -0.25) is 24.0 Å². The molecule has 13 nitrogen and oxygen atoms in total. The molecule has 0 heterocycles. The van der Waals surface area contributed by atoms with Crippen LogP contribution in [0.3, 0.4) is 0 Å². The van der Waals surface area contributed by atoms with Gasteiger partial charge in [0, 0.05) is 24.1 Å². The minimum Gasteiger partial charge on any atom is -0.460 e. The van der Waals surface area contributed by atoms with Crippen molar-refractivity contribution < 1.29 is 38.2 Å². The van der Waals surface area contributed by atoms with Crippen molar-refractivity contribution in [3.05, 3.63) is 29.8 Å². The summed E-state index contributed by atoms with van der Waals surface area (Å²) in [4.78, 5) is 76.3. The Kier molecular flexibility index (Phi) is 16.8. The normalized spacial score (nSPS) is 13.5. The van der Waals surface area contributed by atoms with Crippen molar-refractivity contribution in [2.75, 3.05) is 18.5 Å². The highest BCUT2D eigenvalue weighted by Gasteiger charge is 2.36. The van der Waals surface area contributed by atoms with Crippen molar-refractivity contribution in [1.82, 2.24) is 16.0 Å². The Morgan fingerprint density at radius 1 is 0.804 bits per heavy atom. The van der Waals surface area contributed by atoms with Gasteiger partial charge < -0.3 is 36.5 Å². The second-order valence-electron chi connectivity index (χ2n) is 16.8. The highest BCUT2D eigenvalue weighted by atomic mass is 16.5. The molecule has 0 bridgehead atoms. The Balaban J connectivity index is 3.00. The van der Waals surface area contributed by atoms with E-state index in [1.54, 1.807) is 72.7 Å². The summed E-state index contributed by atoms with van der Waals surface area (Å²) in [5, 5.41) is 10.9. The first kappa shape index (κ1) is 45.0. The fourth-order valence-electron chi connectivity index (χ4n) is 4.50. The fourth-order valence-corrected chi connectivity index (χ4v) is 4.50. The quantitative estimate of drug-likeness (QED) is 0.0974. The third-order valence-corrected chi connectivity index (χ3v) is 8.27. The Labute approximate surface area is 304 Å². The van der Waals surface area contributed by atoms with Crippen LogP contribution in [0.25, 0.3) is 0 Å². The van der Waals surface area contributed by atoms with Gasteiger partial charge in [-0.2, -0.15) is 0 Å². The zero-order valence-corrected chi connectivity index (χ0v) is 32.8. The highest BCUT2D eigenvalue weighted by molar-refractivity contribution is 5.98. The Morgan fingerprint density at radius 3 is 1.90 bits per heavy atom. The Bertz CT molecular complexity index is 1360. The van der Waals surface area contributed by atoms with Crippen molar-refractivity contribution in [3.63, 3.8) is 0 Å². The van der Waals surface area contributed by atoms with Gasteiger partial charge in [-0.25, -0.2) is 4.79 Å². The third-order valence-electron chi connectivity index (χ3n) is 8.27. The smallest absolute Gasteiger partial charge is 0.312 e. The maximum atomic E-state index is 13.6. The molecular formula is C38H63N5O8. The molecule has 0 spiro atoms. The van der Waals surface area contributed by atoms with Crippen molar-refractivity contribution in [2.45, 2.75) is 133 Å². The van der Waals surface area contributed by atoms with Crippen molar-refractivity contribution in [3.8, 4) is 0 Å². The van der Waals surface area contributed by atoms with E-state index < -0.39 is 57.7 Å². The number of ketones is 1. The number of amides is 5. The largest absolute Gasteiger partial charge is 0.460 e. The number of anilines is 1. The first-order valence-corrected chi connectivity index (χ1v) is 17.6. The van der Waals surface area contributed by atoms with Crippen LogP contribution in [-0.4, -0.2) is 66.3 Å². The van der Waals surface area contributed by atoms with E-state index in [1.165, 1.54) is 0 Å². The average molecular weight is 718 g/mol. The molecule has 2 atom stereocenters. The molecule has 0 aliphatic carbocycles. The Hall–Kier alpha value is -4.00. The van der Waals surface area contributed by atoms with Crippen molar-refractivity contribution in [1.29, 1.82) is 0 Å². The summed E-state index contributed by atoms with van der Waals surface area (Å²) in [5.41, 5.74) is 3.62. The van der Waals surface area contributed by atoms with Crippen molar-refractivity contribution >= 4 is 41.2 Å². The van der Waals surface area contributed by atoms with Gasteiger partial charge in [-0.1, -0.05) is 46.8 Å². The molecule has 1 rings (SSSR count). The standard InChI is InChI=1S/C38H63N5O8/c1-24(2)29(43-32(47)37(9,10)23-51-38(11,12)20-19-28(44)35(3,4)5)31(46)42-27(14-13-21-40-34(39)49)30(45)41-26-17-15-25(16-18-26)22-50-33(48)36(6,7)8/h15-18,24,27,29H,13-14,19-23H2,1-12H3,(H,41,45)(H,42,46)(H,43,47)(H3,39,40,49)/t27-,29?/m1/s1. The van der Waals surface area contributed by atoms with Crippen LogP contribution in [0.4, 0.5) is 10.5 Å². The number of ether oxygens (including phenoxy) is 2. The molecule has 0 aliphatic rings. The minimum absolute atomic E-state index is 0.0533. The van der Waals surface area contributed by atoms with E-state index >= 15 is 0 Å². The van der Waals surface area contributed by atoms with Gasteiger partial charge >= 0.3 is 12.0 Å². The number of nitrogens with one attached hydrogen (secondary N) is 4. The number of esters is 1. The SMILES string of the molecule is CC(C)C(NC(=O)C(C)(C)COC(C)(C)CCC(=O)C(C)(C)C)C(=O)N[C@H](CCCNC(N)=O)C(=O)Nc1ccc(COC(=O)C(C)(C)C)cc1. The number of hydrogen-bond acceptors (Lipinski definition) is 8. The van der Waals surface area contributed by atoms with E-state index in [4.69, 9.17) is 15.2 Å². The van der Waals surface area contributed by atoms with Crippen molar-refractivity contribution in [2.24, 2.45) is 27.9 Å². The van der Waals surface area contributed by atoms with Crippen LogP contribution in [0.15, 0.2) is 24.3 Å². The van der Waals surface area contributed by atoms with E-state index in [9.17, 15) is 28.8 Å². The maximum Gasteiger partial charge on any atom is 0.312 e. The number of primary amides is 1. The van der Waals surface area contributed by atoms with Crippen LogP contribution in [0.2, 0.25) is 0 Å². The molecule has 0 aromatic heterocycles. The zero-order valence-electron chi connectivity index (χ0n) is 32.8. The molecule has 0 saturated heterocycles. The molecule has 51 heavy (non-hydrogen) atoms. The number of benzene rings is 1. The molecule has 0 fully saturated rings. The molecule has 1 aromatic rings. The molecule has 288 valence electrons. The summed E-state index contributed by atoms with van der Waals surface area (Å²) in [7, 11) is 0. The molecule has 1 aromatic carbocycles. The van der Waals surface area contributed by atoms with E-state index in [-0.39, 0.29) is 43.8 Å². The van der Waals surface area contributed by atoms with E-state index in [1.807, 2.05) is 34.6 Å². The van der Waals surface area contributed by atoms with Crippen LogP contribution in [0.5, 0.6) is 0 Å². The summed E-state index contributed by atoms with van der Waals surface area (Å²) < 4.78 is 11.5. The fraction of sp³-hybridized carbons (Fsp3) is 0.684. The second-order valence-corrected chi connectivity index (χ2v) is 16.8. The number of hydrogen-bond donors (Lipinski definition) is 5. The summed E-state index contributed by atoms with van der Waals surface area (Å²) >= 11 is 0. The number of nitrogens with two attached hydrogens (primary N) is 1. The Morgan fingerprint density at radius 2 is 1.39 bits per heavy atom. The third kappa shape index (κ3) is 16.7. The first-order chi connectivity index (χ1) is 23.2. The predicted molar refractivity (Wildman–Crippen MR) is 197 cm³/mol. The van der Waals surface area contributed by atoms with E-state index in [0.717, 1.165) is 5.56 Å². The lowest BCUT2D eigenvalue weighted by atomic mass is 9.86. The van der Waals surface area contributed by atoms with Crippen LogP contribution in [0.1, 0.15) is 114 Å². The topological polar surface area (TPSA) is 195 Å². The average Bonchev–Trinajstić information content (AvgIpc) is 3.01. The zero-order chi connectivity index (χ0) is 39.4. The molecule has 13 heteroatoms. The van der Waals surface area contributed by atoms with Gasteiger partial charge in [0.1, 0.15) is 24.5 Å². The number of carbonyl (C=O) groups excluding carboxylic acids is 6. The van der Waals surface area contributed by atoms with Crippen LogP contribution in [-0.2, 0) is 40.1 Å².